The number of hydrogen-bond acceptors (Lipinski definition) is 6. The molecular formula is C23H23N5O3S2. The molecule has 0 spiro atoms. The molecule has 0 atom stereocenters. The van der Waals surface area contributed by atoms with Crippen LogP contribution in [0.25, 0.3) is 21.9 Å². The Labute approximate surface area is 195 Å². The number of carbonyl (C=O) groups excluding carboxylic acids is 1. The molecule has 33 heavy (non-hydrogen) atoms. The number of aromatic amines is 1. The fraction of sp³-hybridized carbons (Fsp3) is 0.348. The highest BCUT2D eigenvalue weighted by Crippen LogP contribution is 2.31. The molecule has 170 valence electrons. The van der Waals surface area contributed by atoms with Gasteiger partial charge in [0.25, 0.3) is 5.91 Å². The number of piperazine rings is 1. The maximum atomic E-state index is 13.4. The summed E-state index contributed by atoms with van der Waals surface area (Å²) >= 11 is 1.00. The molecule has 3 heterocycles. The van der Waals surface area contributed by atoms with E-state index in [2.05, 4.69) is 19.8 Å². The number of amides is 1. The van der Waals surface area contributed by atoms with E-state index in [-0.39, 0.29) is 23.9 Å². The van der Waals surface area contributed by atoms with Gasteiger partial charge in [-0.25, -0.2) is 8.42 Å². The number of rotatable bonds is 3. The van der Waals surface area contributed by atoms with E-state index in [0.29, 0.717) is 29.7 Å². The molecule has 1 N–H and O–H groups in total. The van der Waals surface area contributed by atoms with E-state index in [4.69, 9.17) is 0 Å². The molecule has 0 saturated carbocycles. The third-order valence-electron chi connectivity index (χ3n) is 6.76. The lowest BCUT2D eigenvalue weighted by atomic mass is 9.95. The monoisotopic (exact) mass is 481 g/mol. The molecule has 1 amide bonds. The number of sulfonamides is 1. The summed E-state index contributed by atoms with van der Waals surface area (Å²) in [7, 11) is -3.72. The minimum atomic E-state index is -3.72. The van der Waals surface area contributed by atoms with Crippen molar-refractivity contribution in [2.75, 3.05) is 26.2 Å². The molecule has 2 aromatic heterocycles. The summed E-state index contributed by atoms with van der Waals surface area (Å²) in [5.41, 5.74) is 5.15. The van der Waals surface area contributed by atoms with Crippen LogP contribution in [0.5, 0.6) is 0 Å². The van der Waals surface area contributed by atoms with Crippen molar-refractivity contribution in [2.45, 2.75) is 30.6 Å². The largest absolute Gasteiger partial charge is 0.358 e. The van der Waals surface area contributed by atoms with Crippen LogP contribution in [0.2, 0.25) is 0 Å². The van der Waals surface area contributed by atoms with Gasteiger partial charge in [0.15, 0.2) is 0 Å². The van der Waals surface area contributed by atoms with Gasteiger partial charge in [-0.2, -0.15) is 13.1 Å². The highest BCUT2D eigenvalue weighted by molar-refractivity contribution is 7.89. The van der Waals surface area contributed by atoms with Crippen LogP contribution in [-0.4, -0.2) is 63.4 Å². The van der Waals surface area contributed by atoms with E-state index >= 15 is 0 Å². The predicted molar refractivity (Wildman–Crippen MR) is 127 cm³/mol. The lowest BCUT2D eigenvalue weighted by Crippen LogP contribution is -2.50. The van der Waals surface area contributed by atoms with Crippen molar-refractivity contribution in [2.24, 2.45) is 0 Å². The van der Waals surface area contributed by atoms with Crippen molar-refractivity contribution in [1.29, 1.82) is 0 Å². The standard InChI is InChI=1S/C23H23N5O3S2/c29-23(17-7-3-6-16-15-5-1-2-8-18(15)24-21(16)17)27-11-13-28(14-12-27)33(30,31)20-10-4-9-19-22(20)26-32-25-19/h3-4,6-7,9-10,24H,1-2,5,8,11-14H2. The molecule has 0 bridgehead atoms. The number of aryl methyl sites for hydroxylation is 2. The Hall–Kier alpha value is -2.82. The van der Waals surface area contributed by atoms with Crippen LogP contribution in [0.1, 0.15) is 34.5 Å². The Morgan fingerprint density at radius 2 is 1.76 bits per heavy atom. The van der Waals surface area contributed by atoms with Gasteiger partial charge in [0.05, 0.1) is 22.8 Å². The number of fused-ring (bicyclic) bond motifs is 4. The van der Waals surface area contributed by atoms with Gasteiger partial charge in [-0.05, 0) is 49.4 Å². The van der Waals surface area contributed by atoms with Crippen molar-refractivity contribution in [3.63, 3.8) is 0 Å². The smallest absolute Gasteiger partial charge is 0.256 e. The average molecular weight is 482 g/mol. The van der Waals surface area contributed by atoms with Crippen LogP contribution in [0, 0.1) is 0 Å². The molecular weight excluding hydrogens is 458 g/mol. The van der Waals surface area contributed by atoms with Crippen LogP contribution in [0.15, 0.2) is 41.3 Å². The van der Waals surface area contributed by atoms with Gasteiger partial charge >= 0.3 is 0 Å². The van der Waals surface area contributed by atoms with E-state index in [1.54, 1.807) is 23.1 Å². The summed E-state index contributed by atoms with van der Waals surface area (Å²) in [5.74, 6) is -0.0537. The number of nitrogens with zero attached hydrogens (tertiary/aromatic N) is 4. The summed E-state index contributed by atoms with van der Waals surface area (Å²) < 4.78 is 36.3. The quantitative estimate of drug-likeness (QED) is 0.485. The number of H-pyrrole nitrogens is 1. The second-order valence-electron chi connectivity index (χ2n) is 8.60. The fourth-order valence-corrected chi connectivity index (χ4v) is 7.21. The number of hydrogen-bond donors (Lipinski definition) is 1. The fourth-order valence-electron chi connectivity index (χ4n) is 5.04. The summed E-state index contributed by atoms with van der Waals surface area (Å²) in [5, 5.41) is 1.14. The van der Waals surface area contributed by atoms with E-state index < -0.39 is 10.0 Å². The molecule has 6 rings (SSSR count). The molecule has 0 radical (unpaired) electrons. The van der Waals surface area contributed by atoms with Gasteiger partial charge in [-0.1, -0.05) is 18.2 Å². The molecule has 4 aromatic rings. The van der Waals surface area contributed by atoms with Gasteiger partial charge in [0.1, 0.15) is 15.9 Å². The first kappa shape index (κ1) is 20.8. The Balaban J connectivity index is 1.24. The molecule has 1 fully saturated rings. The first-order valence-corrected chi connectivity index (χ1v) is 13.3. The van der Waals surface area contributed by atoms with E-state index in [1.165, 1.54) is 28.4 Å². The number of benzene rings is 2. The number of nitrogens with one attached hydrogen (secondary N) is 1. The molecule has 8 nitrogen and oxygen atoms in total. The lowest BCUT2D eigenvalue weighted by Gasteiger charge is -2.34. The van der Waals surface area contributed by atoms with Gasteiger partial charge in [0.2, 0.25) is 10.0 Å². The molecule has 2 aromatic carbocycles. The molecule has 0 unspecified atom stereocenters. The van der Waals surface area contributed by atoms with Crippen LogP contribution < -0.4 is 0 Å². The first-order valence-electron chi connectivity index (χ1n) is 11.2. The van der Waals surface area contributed by atoms with E-state index in [9.17, 15) is 13.2 Å². The average Bonchev–Trinajstić information content (AvgIpc) is 3.48. The molecule has 1 aliphatic carbocycles. The number of carbonyl (C=O) groups is 1. The van der Waals surface area contributed by atoms with Crippen LogP contribution >= 0.6 is 11.7 Å². The Bertz CT molecular complexity index is 1480. The molecule has 10 heteroatoms. The van der Waals surface area contributed by atoms with E-state index in [1.807, 2.05) is 12.1 Å². The number of para-hydroxylation sites is 1. The minimum Gasteiger partial charge on any atom is -0.358 e. The highest BCUT2D eigenvalue weighted by Gasteiger charge is 2.33. The van der Waals surface area contributed by atoms with Crippen molar-refractivity contribution in [3.05, 3.63) is 53.2 Å². The zero-order valence-electron chi connectivity index (χ0n) is 18.0. The normalized spacial score (nSPS) is 17.5. The summed E-state index contributed by atoms with van der Waals surface area (Å²) in [6.45, 7) is 1.19. The first-order chi connectivity index (χ1) is 16.0. The van der Waals surface area contributed by atoms with Crippen molar-refractivity contribution in [1.82, 2.24) is 22.9 Å². The number of aromatic nitrogens is 3. The van der Waals surface area contributed by atoms with Crippen LogP contribution in [-0.2, 0) is 22.9 Å². The van der Waals surface area contributed by atoms with Gasteiger partial charge in [-0.3, -0.25) is 4.79 Å². The molecule has 2 aliphatic rings. The van der Waals surface area contributed by atoms with Crippen molar-refractivity contribution < 1.29 is 13.2 Å². The third kappa shape index (κ3) is 3.35. The van der Waals surface area contributed by atoms with Crippen molar-refractivity contribution >= 4 is 49.6 Å². The Morgan fingerprint density at radius 1 is 0.970 bits per heavy atom. The lowest BCUT2D eigenvalue weighted by molar-refractivity contribution is 0.0699. The summed E-state index contributed by atoms with van der Waals surface area (Å²) in [4.78, 5) is 18.9. The second-order valence-corrected chi connectivity index (χ2v) is 11.0. The van der Waals surface area contributed by atoms with Crippen LogP contribution in [0.4, 0.5) is 0 Å². The van der Waals surface area contributed by atoms with Crippen molar-refractivity contribution in [3.8, 4) is 0 Å². The Morgan fingerprint density at radius 3 is 2.61 bits per heavy atom. The maximum Gasteiger partial charge on any atom is 0.256 e. The zero-order valence-corrected chi connectivity index (χ0v) is 19.6. The summed E-state index contributed by atoms with van der Waals surface area (Å²) in [6, 6.07) is 10.9. The Kier molecular flexibility index (Phi) is 4.97. The maximum absolute atomic E-state index is 13.4. The van der Waals surface area contributed by atoms with Gasteiger partial charge < -0.3 is 9.88 Å². The van der Waals surface area contributed by atoms with E-state index in [0.717, 1.165) is 35.5 Å². The predicted octanol–water partition coefficient (Wildman–Crippen LogP) is 3.20. The molecule has 1 saturated heterocycles. The minimum absolute atomic E-state index is 0.0537. The SMILES string of the molecule is O=C(c1cccc2c3c([nH]c12)CCCC3)N1CCN(S(=O)(=O)c2cccc3nsnc23)CC1. The highest BCUT2D eigenvalue weighted by atomic mass is 32.2. The zero-order chi connectivity index (χ0) is 22.6. The van der Waals surface area contributed by atoms with Gasteiger partial charge in [-0.15, -0.1) is 0 Å². The summed E-state index contributed by atoms with van der Waals surface area (Å²) in [6.07, 6.45) is 4.42. The van der Waals surface area contributed by atoms with Gasteiger partial charge in [0, 0.05) is 37.3 Å². The third-order valence-corrected chi connectivity index (χ3v) is 9.23. The second kappa shape index (κ2) is 7.89. The van der Waals surface area contributed by atoms with Crippen LogP contribution in [0.3, 0.4) is 0 Å². The topological polar surface area (TPSA) is 99.3 Å². The molecule has 1 aliphatic heterocycles.